The molecule has 0 bridgehead atoms. The zero-order chi connectivity index (χ0) is 20.4. The number of hydrogen-bond acceptors (Lipinski definition) is 4. The molecule has 0 aliphatic rings. The molecule has 1 heterocycles. The molecular formula is C23H34N2O3. The normalized spacial score (nSPS) is 12.8. The Balaban J connectivity index is 1.99. The van der Waals surface area contributed by atoms with E-state index < -0.39 is 0 Å². The van der Waals surface area contributed by atoms with Gasteiger partial charge in [-0.1, -0.05) is 39.0 Å². The summed E-state index contributed by atoms with van der Waals surface area (Å²) in [6.45, 7) is 7.61. The number of rotatable bonds is 11. The molecule has 1 aromatic carbocycles. The van der Waals surface area contributed by atoms with Crippen molar-refractivity contribution in [3.05, 3.63) is 46.1 Å². The van der Waals surface area contributed by atoms with Crippen molar-refractivity contribution in [3.63, 3.8) is 0 Å². The second-order valence-corrected chi connectivity index (χ2v) is 7.20. The Morgan fingerprint density at radius 2 is 1.82 bits per heavy atom. The van der Waals surface area contributed by atoms with E-state index in [9.17, 15) is 0 Å². The quantitative estimate of drug-likeness (QED) is 0.457. The molecule has 28 heavy (non-hydrogen) atoms. The number of ether oxygens (including phenoxy) is 2. The van der Waals surface area contributed by atoms with Gasteiger partial charge in [0.1, 0.15) is 18.1 Å². The first-order valence-corrected chi connectivity index (χ1v) is 10.0. The second kappa shape index (κ2) is 11.6. The lowest BCUT2D eigenvalue weighted by Gasteiger charge is -2.13. The van der Waals surface area contributed by atoms with Crippen molar-refractivity contribution in [2.45, 2.75) is 53.2 Å². The molecule has 0 saturated carbocycles. The molecule has 0 amide bonds. The first kappa shape index (κ1) is 22.1. The van der Waals surface area contributed by atoms with E-state index in [1.807, 2.05) is 18.2 Å². The number of hydrogen-bond donors (Lipinski definition) is 2. The number of nitrogens with one attached hydrogen (secondary N) is 2. The van der Waals surface area contributed by atoms with Gasteiger partial charge in [-0.2, -0.15) is 5.48 Å². The Kier molecular flexibility index (Phi) is 9.11. The molecule has 154 valence electrons. The van der Waals surface area contributed by atoms with Gasteiger partial charge in [-0.25, -0.2) is 0 Å². The predicted octanol–water partition coefficient (Wildman–Crippen LogP) is 3.66. The van der Waals surface area contributed by atoms with E-state index in [1.165, 1.54) is 17.0 Å². The molecule has 5 heteroatoms. The summed E-state index contributed by atoms with van der Waals surface area (Å²) in [7, 11) is 3.31. The molecule has 0 radical (unpaired) electrons. The number of methoxy groups -OCH3 is 2. The van der Waals surface area contributed by atoms with Crippen LogP contribution in [0.1, 0.15) is 51.3 Å². The molecule has 0 atom stereocenters. The zero-order valence-electron chi connectivity index (χ0n) is 17.8. The fourth-order valence-corrected chi connectivity index (χ4v) is 3.09. The zero-order valence-corrected chi connectivity index (χ0v) is 17.8. The maximum absolute atomic E-state index is 5.69. The van der Waals surface area contributed by atoms with Crippen LogP contribution < -0.4 is 25.5 Å². The number of hydroxylamine groups is 1. The maximum atomic E-state index is 5.69. The van der Waals surface area contributed by atoms with Crippen LogP contribution in [0.4, 0.5) is 0 Å². The molecule has 0 saturated heterocycles. The van der Waals surface area contributed by atoms with E-state index in [1.54, 1.807) is 14.2 Å². The molecule has 1 aromatic heterocycles. The summed E-state index contributed by atoms with van der Waals surface area (Å²) in [5, 5.41) is 2.43. The van der Waals surface area contributed by atoms with E-state index in [-0.39, 0.29) is 0 Å². The average molecular weight is 387 g/mol. The standard InChI is InChI=1S/C23H34N2O3/c1-6-9-21-18(11-7-10-17(2)3)14-19(25-21)16-28-24-15-20-22(26-4)12-8-13-23(20)27-5/h8-9,11-14,17,24-25H,6-7,10,15-16H2,1-5H3/b18-11-,21-9+. The SMILES string of the molecule is CC/C=c1/[nH]c(CONCc2c(OC)cccc2OC)c/c1=C/CCC(C)C. The fourth-order valence-electron chi connectivity index (χ4n) is 3.09. The highest BCUT2D eigenvalue weighted by Gasteiger charge is 2.09. The number of benzene rings is 1. The summed E-state index contributed by atoms with van der Waals surface area (Å²) in [4.78, 5) is 9.16. The Morgan fingerprint density at radius 3 is 2.43 bits per heavy atom. The number of H-pyrrole nitrogens is 1. The smallest absolute Gasteiger partial charge is 0.127 e. The molecule has 5 nitrogen and oxygen atoms in total. The van der Waals surface area contributed by atoms with E-state index in [0.717, 1.165) is 35.6 Å². The van der Waals surface area contributed by atoms with Gasteiger partial charge in [0.25, 0.3) is 0 Å². The fraction of sp³-hybridized carbons (Fsp3) is 0.478. The summed E-state index contributed by atoms with van der Waals surface area (Å²) in [5.74, 6) is 2.27. The Morgan fingerprint density at radius 1 is 1.11 bits per heavy atom. The lowest BCUT2D eigenvalue weighted by molar-refractivity contribution is 0.0211. The van der Waals surface area contributed by atoms with Crippen LogP contribution in [0.5, 0.6) is 11.5 Å². The van der Waals surface area contributed by atoms with Gasteiger partial charge in [0.15, 0.2) is 0 Å². The Bertz CT molecular complexity index is 818. The third-order valence-electron chi connectivity index (χ3n) is 4.56. The van der Waals surface area contributed by atoms with Crippen LogP contribution >= 0.6 is 0 Å². The minimum absolute atomic E-state index is 0.458. The molecule has 0 aliphatic heterocycles. The van der Waals surface area contributed by atoms with Gasteiger partial charge in [0, 0.05) is 11.0 Å². The first-order valence-electron chi connectivity index (χ1n) is 10.0. The van der Waals surface area contributed by atoms with Gasteiger partial charge in [-0.3, -0.25) is 4.84 Å². The summed E-state index contributed by atoms with van der Waals surface area (Å²) in [5.41, 5.74) is 5.00. The largest absolute Gasteiger partial charge is 0.496 e. The lowest BCUT2D eigenvalue weighted by atomic mass is 10.1. The molecule has 2 rings (SSSR count). The van der Waals surface area contributed by atoms with Crippen molar-refractivity contribution in [3.8, 4) is 11.5 Å². The van der Waals surface area contributed by atoms with E-state index in [0.29, 0.717) is 19.1 Å². The average Bonchev–Trinajstić information content (AvgIpc) is 3.06. The van der Waals surface area contributed by atoms with Crippen LogP contribution in [-0.2, 0) is 18.0 Å². The van der Waals surface area contributed by atoms with Gasteiger partial charge < -0.3 is 14.5 Å². The van der Waals surface area contributed by atoms with Gasteiger partial charge in [-0.15, -0.1) is 0 Å². The Hall–Kier alpha value is -2.24. The molecule has 0 unspecified atom stereocenters. The monoisotopic (exact) mass is 386 g/mol. The van der Waals surface area contributed by atoms with Crippen molar-refractivity contribution in [1.29, 1.82) is 0 Å². The maximum Gasteiger partial charge on any atom is 0.127 e. The van der Waals surface area contributed by atoms with Crippen molar-refractivity contribution < 1.29 is 14.3 Å². The van der Waals surface area contributed by atoms with Crippen molar-refractivity contribution in [1.82, 2.24) is 10.5 Å². The van der Waals surface area contributed by atoms with Crippen molar-refractivity contribution in [2.75, 3.05) is 14.2 Å². The van der Waals surface area contributed by atoms with Gasteiger partial charge in [0.2, 0.25) is 0 Å². The predicted molar refractivity (Wildman–Crippen MR) is 115 cm³/mol. The van der Waals surface area contributed by atoms with Crippen LogP contribution in [0.25, 0.3) is 12.2 Å². The molecule has 0 aliphatic carbocycles. The highest BCUT2D eigenvalue weighted by atomic mass is 16.6. The molecule has 0 spiro atoms. The first-order chi connectivity index (χ1) is 13.6. The third-order valence-corrected chi connectivity index (χ3v) is 4.56. The summed E-state index contributed by atoms with van der Waals surface area (Å²) < 4.78 is 10.8. The topological polar surface area (TPSA) is 55.5 Å². The molecular weight excluding hydrogens is 352 g/mol. The van der Waals surface area contributed by atoms with Crippen LogP contribution in [0.15, 0.2) is 24.3 Å². The van der Waals surface area contributed by atoms with E-state index in [4.69, 9.17) is 14.3 Å². The summed E-state index contributed by atoms with van der Waals surface area (Å²) in [6, 6.07) is 7.91. The number of aromatic amines is 1. The lowest BCUT2D eigenvalue weighted by Crippen LogP contribution is -2.21. The summed E-state index contributed by atoms with van der Waals surface area (Å²) in [6.07, 6.45) is 7.82. The third kappa shape index (κ3) is 6.43. The van der Waals surface area contributed by atoms with E-state index >= 15 is 0 Å². The highest BCUT2D eigenvalue weighted by molar-refractivity contribution is 5.44. The van der Waals surface area contributed by atoms with Crippen molar-refractivity contribution >= 4 is 12.2 Å². The Labute approximate surface area is 168 Å². The molecule has 2 aromatic rings. The van der Waals surface area contributed by atoms with Crippen LogP contribution in [0, 0.1) is 5.92 Å². The highest BCUT2D eigenvalue weighted by Crippen LogP contribution is 2.27. The van der Waals surface area contributed by atoms with Crippen LogP contribution in [0.2, 0.25) is 0 Å². The minimum Gasteiger partial charge on any atom is -0.496 e. The van der Waals surface area contributed by atoms with E-state index in [2.05, 4.69) is 49.5 Å². The minimum atomic E-state index is 0.458. The summed E-state index contributed by atoms with van der Waals surface area (Å²) >= 11 is 0. The van der Waals surface area contributed by atoms with Crippen LogP contribution in [0.3, 0.4) is 0 Å². The molecule has 2 N–H and O–H groups in total. The molecule has 0 fully saturated rings. The van der Waals surface area contributed by atoms with Gasteiger partial charge >= 0.3 is 0 Å². The van der Waals surface area contributed by atoms with Crippen molar-refractivity contribution in [2.24, 2.45) is 5.92 Å². The van der Waals surface area contributed by atoms with Gasteiger partial charge in [-0.05, 0) is 48.6 Å². The second-order valence-electron chi connectivity index (χ2n) is 7.20. The van der Waals surface area contributed by atoms with Gasteiger partial charge in [0.05, 0.1) is 26.3 Å². The number of aromatic nitrogens is 1. The van der Waals surface area contributed by atoms with Crippen LogP contribution in [-0.4, -0.2) is 19.2 Å².